The summed E-state index contributed by atoms with van der Waals surface area (Å²) in [6, 6.07) is 14.0. The van der Waals surface area contributed by atoms with Gasteiger partial charge in [0.15, 0.2) is 17.6 Å². The molecule has 0 bridgehead atoms. The van der Waals surface area contributed by atoms with E-state index in [0.29, 0.717) is 22.9 Å². The van der Waals surface area contributed by atoms with Gasteiger partial charge in [0.25, 0.3) is 5.91 Å². The maximum Gasteiger partial charge on any atom is 0.351 e. The molecular weight excluding hydrogens is 338 g/mol. The SMILES string of the molecule is COc1ccccc1NC(=O)[C@H](C)OC(=O)[C@H]1COc2ccccc2O1. The lowest BCUT2D eigenvalue weighted by Gasteiger charge is -2.26. The minimum absolute atomic E-state index is 0.0245. The summed E-state index contributed by atoms with van der Waals surface area (Å²) in [5.41, 5.74) is 0.495. The highest BCUT2D eigenvalue weighted by atomic mass is 16.6. The van der Waals surface area contributed by atoms with Crippen molar-refractivity contribution in [3.05, 3.63) is 48.5 Å². The predicted octanol–water partition coefficient (Wildman–Crippen LogP) is 2.41. The van der Waals surface area contributed by atoms with Crippen LogP contribution in [0.1, 0.15) is 6.92 Å². The molecule has 1 aliphatic rings. The van der Waals surface area contributed by atoms with Crippen molar-refractivity contribution in [1.82, 2.24) is 0 Å². The molecule has 2 atom stereocenters. The second-order valence-electron chi connectivity index (χ2n) is 5.63. The van der Waals surface area contributed by atoms with Crippen molar-refractivity contribution in [2.45, 2.75) is 19.1 Å². The van der Waals surface area contributed by atoms with Crippen molar-refractivity contribution in [1.29, 1.82) is 0 Å². The Morgan fingerprint density at radius 1 is 1.12 bits per heavy atom. The summed E-state index contributed by atoms with van der Waals surface area (Å²) in [6.07, 6.45) is -1.93. The quantitative estimate of drug-likeness (QED) is 0.828. The number of hydrogen-bond donors (Lipinski definition) is 1. The Labute approximate surface area is 150 Å². The molecule has 2 aromatic rings. The number of esters is 1. The van der Waals surface area contributed by atoms with Crippen LogP contribution in [0.5, 0.6) is 17.2 Å². The van der Waals surface area contributed by atoms with Gasteiger partial charge in [0.05, 0.1) is 12.8 Å². The van der Waals surface area contributed by atoms with Crippen molar-refractivity contribution in [2.24, 2.45) is 0 Å². The molecule has 0 aromatic heterocycles. The summed E-state index contributed by atoms with van der Waals surface area (Å²) >= 11 is 0. The number of ether oxygens (including phenoxy) is 4. The van der Waals surface area contributed by atoms with Crippen LogP contribution in [0.2, 0.25) is 0 Å². The third-order valence-corrected chi connectivity index (χ3v) is 3.80. The number of nitrogens with one attached hydrogen (secondary N) is 1. The van der Waals surface area contributed by atoms with E-state index in [2.05, 4.69) is 5.32 Å². The standard InChI is InChI=1S/C19H19NO6/c1-12(18(21)20-13-7-3-4-8-14(13)23-2)25-19(22)17-11-24-15-9-5-6-10-16(15)26-17/h3-10,12,17H,11H2,1-2H3,(H,20,21)/t12-,17+/m0/s1. The van der Waals surface area contributed by atoms with Crippen LogP contribution in [0.25, 0.3) is 0 Å². The molecule has 0 fully saturated rings. The summed E-state index contributed by atoms with van der Waals surface area (Å²) in [4.78, 5) is 24.5. The molecule has 0 saturated carbocycles. The Balaban J connectivity index is 1.58. The number of carbonyl (C=O) groups excluding carboxylic acids is 2. The number of carbonyl (C=O) groups is 2. The van der Waals surface area contributed by atoms with Gasteiger partial charge in [-0.2, -0.15) is 0 Å². The van der Waals surface area contributed by atoms with Crippen LogP contribution >= 0.6 is 0 Å². The van der Waals surface area contributed by atoms with Gasteiger partial charge in [0.1, 0.15) is 12.4 Å². The van der Waals surface area contributed by atoms with Crippen LogP contribution in [0, 0.1) is 0 Å². The zero-order valence-electron chi connectivity index (χ0n) is 14.4. The van der Waals surface area contributed by atoms with E-state index in [9.17, 15) is 9.59 Å². The number of hydrogen-bond acceptors (Lipinski definition) is 6. The zero-order chi connectivity index (χ0) is 18.5. The number of anilines is 1. The summed E-state index contributed by atoms with van der Waals surface area (Å²) in [6.45, 7) is 1.51. The first-order chi connectivity index (χ1) is 12.6. The molecular formula is C19H19NO6. The van der Waals surface area contributed by atoms with Crippen molar-refractivity contribution in [3.8, 4) is 17.2 Å². The van der Waals surface area contributed by atoms with Gasteiger partial charge in [0.2, 0.25) is 6.10 Å². The number of amides is 1. The highest BCUT2D eigenvalue weighted by molar-refractivity contribution is 5.96. The molecule has 0 spiro atoms. The molecule has 1 aliphatic heterocycles. The molecule has 3 rings (SSSR count). The second kappa shape index (κ2) is 7.77. The Morgan fingerprint density at radius 2 is 1.81 bits per heavy atom. The lowest BCUT2D eigenvalue weighted by molar-refractivity contribution is -0.162. The Hall–Kier alpha value is -3.22. The van der Waals surface area contributed by atoms with Gasteiger partial charge < -0.3 is 24.3 Å². The summed E-state index contributed by atoms with van der Waals surface area (Å²) < 4.78 is 21.5. The lowest BCUT2D eigenvalue weighted by Crippen LogP contribution is -2.41. The number of para-hydroxylation sites is 4. The highest BCUT2D eigenvalue weighted by Gasteiger charge is 2.31. The Bertz CT molecular complexity index is 806. The van der Waals surface area contributed by atoms with Crippen molar-refractivity contribution >= 4 is 17.6 Å². The molecule has 0 unspecified atom stereocenters. The maximum absolute atomic E-state index is 12.3. The molecule has 7 nitrogen and oxygen atoms in total. The van der Waals surface area contributed by atoms with Crippen LogP contribution < -0.4 is 19.5 Å². The van der Waals surface area contributed by atoms with Gasteiger partial charge in [-0.25, -0.2) is 4.79 Å². The summed E-state index contributed by atoms with van der Waals surface area (Å²) in [7, 11) is 1.51. The molecule has 2 aromatic carbocycles. The first-order valence-electron chi connectivity index (χ1n) is 8.11. The van der Waals surface area contributed by atoms with Gasteiger partial charge in [0, 0.05) is 0 Å². The number of benzene rings is 2. The van der Waals surface area contributed by atoms with Crippen molar-refractivity contribution < 1.29 is 28.5 Å². The van der Waals surface area contributed by atoms with Gasteiger partial charge in [-0.3, -0.25) is 4.79 Å². The molecule has 0 saturated heterocycles. The van der Waals surface area contributed by atoms with Gasteiger partial charge in [-0.1, -0.05) is 24.3 Å². The van der Waals surface area contributed by atoms with Gasteiger partial charge >= 0.3 is 5.97 Å². The van der Waals surface area contributed by atoms with E-state index in [4.69, 9.17) is 18.9 Å². The zero-order valence-corrected chi connectivity index (χ0v) is 14.4. The van der Waals surface area contributed by atoms with Crippen LogP contribution in [0.15, 0.2) is 48.5 Å². The molecule has 1 heterocycles. The van der Waals surface area contributed by atoms with Gasteiger partial charge in [-0.15, -0.1) is 0 Å². The van der Waals surface area contributed by atoms with Crippen LogP contribution in [-0.2, 0) is 14.3 Å². The minimum Gasteiger partial charge on any atom is -0.495 e. The summed E-state index contributed by atoms with van der Waals surface area (Å²) in [5, 5.41) is 2.67. The average molecular weight is 357 g/mol. The van der Waals surface area contributed by atoms with E-state index in [-0.39, 0.29) is 6.61 Å². The lowest BCUT2D eigenvalue weighted by atomic mass is 10.2. The fourth-order valence-corrected chi connectivity index (χ4v) is 2.42. The molecule has 0 radical (unpaired) electrons. The van der Waals surface area contributed by atoms with Crippen molar-refractivity contribution in [2.75, 3.05) is 19.0 Å². The molecule has 26 heavy (non-hydrogen) atoms. The van der Waals surface area contributed by atoms with E-state index >= 15 is 0 Å². The third-order valence-electron chi connectivity index (χ3n) is 3.80. The monoisotopic (exact) mass is 357 g/mol. The molecule has 1 amide bonds. The maximum atomic E-state index is 12.3. The fourth-order valence-electron chi connectivity index (χ4n) is 2.42. The Morgan fingerprint density at radius 3 is 2.58 bits per heavy atom. The molecule has 0 aliphatic carbocycles. The predicted molar refractivity (Wildman–Crippen MR) is 93.5 cm³/mol. The smallest absolute Gasteiger partial charge is 0.351 e. The topological polar surface area (TPSA) is 83.1 Å². The third kappa shape index (κ3) is 3.88. The van der Waals surface area contributed by atoms with Gasteiger partial charge in [-0.05, 0) is 31.2 Å². The van der Waals surface area contributed by atoms with E-state index in [1.165, 1.54) is 14.0 Å². The van der Waals surface area contributed by atoms with Crippen LogP contribution in [0.4, 0.5) is 5.69 Å². The van der Waals surface area contributed by atoms with E-state index < -0.39 is 24.1 Å². The number of rotatable bonds is 5. The first-order valence-corrected chi connectivity index (χ1v) is 8.11. The second-order valence-corrected chi connectivity index (χ2v) is 5.63. The average Bonchev–Trinajstić information content (AvgIpc) is 2.67. The fraction of sp³-hybridized carbons (Fsp3) is 0.263. The molecule has 7 heteroatoms. The first kappa shape index (κ1) is 17.6. The molecule has 1 N–H and O–H groups in total. The van der Waals surface area contributed by atoms with Crippen LogP contribution in [0.3, 0.4) is 0 Å². The molecule has 136 valence electrons. The van der Waals surface area contributed by atoms with E-state index in [0.717, 1.165) is 0 Å². The Kier molecular flexibility index (Phi) is 5.26. The summed E-state index contributed by atoms with van der Waals surface area (Å²) in [5.74, 6) is 0.410. The number of methoxy groups -OCH3 is 1. The van der Waals surface area contributed by atoms with E-state index in [1.807, 2.05) is 6.07 Å². The van der Waals surface area contributed by atoms with E-state index in [1.54, 1.807) is 42.5 Å². The van der Waals surface area contributed by atoms with Crippen molar-refractivity contribution in [3.63, 3.8) is 0 Å². The van der Waals surface area contributed by atoms with Crippen LogP contribution in [-0.4, -0.2) is 37.8 Å². The minimum atomic E-state index is -1.01. The normalized spacial score (nSPS) is 16.3. The highest BCUT2D eigenvalue weighted by Crippen LogP contribution is 2.31. The number of fused-ring (bicyclic) bond motifs is 1. The largest absolute Gasteiger partial charge is 0.495 e.